The fraction of sp³-hybridized carbons (Fsp3) is 0.269. The number of rotatable bonds is 6. The predicted molar refractivity (Wildman–Crippen MR) is 129 cm³/mol. The number of fused-ring (bicyclic) bond motifs is 2. The number of thioether (sulfide) groups is 1. The van der Waals surface area contributed by atoms with Crippen molar-refractivity contribution >= 4 is 50.9 Å². The van der Waals surface area contributed by atoms with E-state index in [1.165, 1.54) is 40.9 Å². The topological polar surface area (TPSA) is 75.1 Å². The number of para-hydroxylation sites is 1. The normalized spacial score (nSPS) is 17.2. The van der Waals surface area contributed by atoms with E-state index in [9.17, 15) is 9.90 Å². The van der Waals surface area contributed by atoms with Gasteiger partial charge in [-0.25, -0.2) is 9.97 Å². The van der Waals surface area contributed by atoms with Crippen molar-refractivity contribution in [2.75, 3.05) is 5.32 Å². The maximum absolute atomic E-state index is 11.9. The quantitative estimate of drug-likeness (QED) is 0.333. The first-order chi connectivity index (χ1) is 15.6. The van der Waals surface area contributed by atoms with Crippen LogP contribution in [0.4, 0.5) is 11.5 Å². The minimum atomic E-state index is -0.807. The molecule has 1 aromatic heterocycles. The molecule has 2 fully saturated rings. The first kappa shape index (κ1) is 19.6. The number of hydrogen-bond donors (Lipinski definition) is 2. The fourth-order valence-electron chi connectivity index (χ4n) is 4.54. The van der Waals surface area contributed by atoms with Crippen LogP contribution in [0.5, 0.6) is 0 Å². The Balaban J connectivity index is 1.44. The highest BCUT2D eigenvalue weighted by atomic mass is 32.2. The van der Waals surface area contributed by atoms with Gasteiger partial charge in [0.15, 0.2) is 5.16 Å². The molecule has 0 spiro atoms. The molecule has 4 aromatic rings. The van der Waals surface area contributed by atoms with Crippen molar-refractivity contribution in [3.63, 3.8) is 0 Å². The smallest absolute Gasteiger partial charge is 0.320 e. The molecular formula is C26H23N3O2S. The maximum Gasteiger partial charge on any atom is 0.320 e. The Bertz CT molecular complexity index is 1360. The summed E-state index contributed by atoms with van der Waals surface area (Å²) in [4.78, 5) is 21.4. The average Bonchev–Trinajstić information content (AvgIpc) is 3.61. The lowest BCUT2D eigenvalue weighted by Gasteiger charge is -2.36. The summed E-state index contributed by atoms with van der Waals surface area (Å²) in [6, 6.07) is 20.8. The predicted octanol–water partition coefficient (Wildman–Crippen LogP) is 6.50. The van der Waals surface area contributed by atoms with Crippen molar-refractivity contribution < 1.29 is 9.90 Å². The van der Waals surface area contributed by atoms with E-state index in [0.29, 0.717) is 29.7 Å². The Morgan fingerprint density at radius 2 is 1.66 bits per heavy atom. The molecule has 0 bridgehead atoms. The van der Waals surface area contributed by atoms with Crippen molar-refractivity contribution in [2.45, 2.75) is 47.9 Å². The van der Waals surface area contributed by atoms with Gasteiger partial charge in [-0.15, -0.1) is 0 Å². The molecule has 2 aliphatic carbocycles. The summed E-state index contributed by atoms with van der Waals surface area (Å²) >= 11 is 1.28. The van der Waals surface area contributed by atoms with Crippen LogP contribution >= 0.6 is 11.8 Å². The molecule has 0 radical (unpaired) electrons. The molecular weight excluding hydrogens is 418 g/mol. The van der Waals surface area contributed by atoms with Gasteiger partial charge in [-0.2, -0.15) is 0 Å². The van der Waals surface area contributed by atoms with E-state index in [2.05, 4.69) is 46.7 Å². The van der Waals surface area contributed by atoms with Gasteiger partial charge >= 0.3 is 5.97 Å². The molecule has 1 heterocycles. The molecule has 0 saturated heterocycles. The van der Waals surface area contributed by atoms with Gasteiger partial charge in [-0.05, 0) is 67.2 Å². The van der Waals surface area contributed by atoms with Crippen LogP contribution in [0.15, 0.2) is 65.8 Å². The second-order valence-corrected chi connectivity index (χ2v) is 10.1. The SMILES string of the molecule is O=C(O)C1(Sc2nc(Nc3ccc(C4CC4)c4ccccc34)c3ccccc3n2)CCC1. The number of hydrogen-bond acceptors (Lipinski definition) is 5. The minimum absolute atomic E-state index is 0.507. The molecule has 2 aliphatic rings. The standard InChI is InChI=1S/C26H23N3O2S/c30-24(31)26(14-5-15-26)32-25-28-21-9-4-3-8-20(21)23(29-25)27-22-13-12-17(16-10-11-16)18-6-1-2-7-19(18)22/h1-4,6-9,12-13,16H,5,10-11,14-15H2,(H,30,31)(H,27,28,29). The molecule has 3 aromatic carbocycles. The number of anilines is 2. The number of carbonyl (C=O) groups is 1. The maximum atomic E-state index is 11.9. The number of carboxylic acids is 1. The van der Waals surface area contributed by atoms with E-state index < -0.39 is 10.7 Å². The summed E-state index contributed by atoms with van der Waals surface area (Å²) in [5.41, 5.74) is 3.23. The van der Waals surface area contributed by atoms with Gasteiger partial charge in [0.1, 0.15) is 10.6 Å². The van der Waals surface area contributed by atoms with Crippen LogP contribution in [0.25, 0.3) is 21.7 Å². The summed E-state index contributed by atoms with van der Waals surface area (Å²) < 4.78 is -0.807. The van der Waals surface area contributed by atoms with Crippen LogP contribution in [-0.2, 0) is 4.79 Å². The zero-order valence-corrected chi connectivity index (χ0v) is 18.4. The molecule has 0 atom stereocenters. The molecule has 5 nitrogen and oxygen atoms in total. The average molecular weight is 442 g/mol. The van der Waals surface area contributed by atoms with Gasteiger partial charge < -0.3 is 10.4 Å². The van der Waals surface area contributed by atoms with Crippen LogP contribution in [0.1, 0.15) is 43.6 Å². The first-order valence-electron chi connectivity index (χ1n) is 11.1. The molecule has 0 amide bonds. The van der Waals surface area contributed by atoms with Gasteiger partial charge in [0, 0.05) is 16.5 Å². The minimum Gasteiger partial charge on any atom is -0.480 e. The lowest BCUT2D eigenvalue weighted by molar-refractivity contribution is -0.142. The summed E-state index contributed by atoms with van der Waals surface area (Å²) in [7, 11) is 0. The number of nitrogens with one attached hydrogen (secondary N) is 1. The molecule has 32 heavy (non-hydrogen) atoms. The third kappa shape index (κ3) is 3.30. The zero-order chi connectivity index (χ0) is 21.7. The zero-order valence-electron chi connectivity index (χ0n) is 17.5. The third-order valence-electron chi connectivity index (χ3n) is 6.65. The monoisotopic (exact) mass is 441 g/mol. The Morgan fingerprint density at radius 3 is 2.34 bits per heavy atom. The molecule has 2 saturated carbocycles. The van der Waals surface area contributed by atoms with Crippen LogP contribution in [0.3, 0.4) is 0 Å². The van der Waals surface area contributed by atoms with E-state index >= 15 is 0 Å². The molecule has 6 heteroatoms. The van der Waals surface area contributed by atoms with Crippen molar-refractivity contribution in [1.29, 1.82) is 0 Å². The van der Waals surface area contributed by atoms with E-state index in [4.69, 9.17) is 4.98 Å². The molecule has 0 unspecified atom stereocenters. The van der Waals surface area contributed by atoms with Gasteiger partial charge in [0.25, 0.3) is 0 Å². The van der Waals surface area contributed by atoms with Gasteiger partial charge in [-0.1, -0.05) is 54.2 Å². The fourth-order valence-corrected chi connectivity index (χ4v) is 5.75. The second-order valence-electron chi connectivity index (χ2n) is 8.77. The van der Waals surface area contributed by atoms with Crippen LogP contribution < -0.4 is 5.32 Å². The largest absolute Gasteiger partial charge is 0.480 e. The summed E-state index contributed by atoms with van der Waals surface area (Å²) in [5, 5.41) is 17.2. The highest BCUT2D eigenvalue weighted by Crippen LogP contribution is 2.48. The van der Waals surface area contributed by atoms with Crippen molar-refractivity contribution in [1.82, 2.24) is 9.97 Å². The number of aliphatic carboxylic acids is 1. The molecule has 160 valence electrons. The summed E-state index contributed by atoms with van der Waals surface area (Å²) in [6.45, 7) is 0. The first-order valence-corrected chi connectivity index (χ1v) is 11.9. The summed E-state index contributed by atoms with van der Waals surface area (Å²) in [6.07, 6.45) is 4.76. The number of benzene rings is 3. The van der Waals surface area contributed by atoms with Crippen LogP contribution in [0, 0.1) is 0 Å². The van der Waals surface area contributed by atoms with E-state index in [-0.39, 0.29) is 0 Å². The van der Waals surface area contributed by atoms with Crippen LogP contribution in [-0.4, -0.2) is 25.8 Å². The van der Waals surface area contributed by atoms with Crippen molar-refractivity contribution in [2.24, 2.45) is 0 Å². The lowest BCUT2D eigenvalue weighted by Crippen LogP contribution is -2.42. The van der Waals surface area contributed by atoms with Crippen LogP contribution in [0.2, 0.25) is 0 Å². The Hall–Kier alpha value is -3.12. The summed E-state index contributed by atoms with van der Waals surface area (Å²) in [5.74, 6) is 0.607. The van der Waals surface area contributed by atoms with Gasteiger partial charge in [-0.3, -0.25) is 4.79 Å². The van der Waals surface area contributed by atoms with Crippen molar-refractivity contribution in [3.8, 4) is 0 Å². The van der Waals surface area contributed by atoms with Gasteiger partial charge in [0.2, 0.25) is 0 Å². The highest BCUT2D eigenvalue weighted by Gasteiger charge is 2.46. The molecule has 6 rings (SSSR count). The molecule has 2 N–H and O–H groups in total. The van der Waals surface area contributed by atoms with E-state index in [1.807, 2.05) is 24.3 Å². The van der Waals surface area contributed by atoms with Gasteiger partial charge in [0.05, 0.1) is 5.52 Å². The number of carboxylic acid groups (broad SMARTS) is 1. The third-order valence-corrected chi connectivity index (χ3v) is 7.99. The molecule has 0 aliphatic heterocycles. The van der Waals surface area contributed by atoms with E-state index in [0.717, 1.165) is 23.0 Å². The Labute approximate surface area is 190 Å². The highest BCUT2D eigenvalue weighted by molar-refractivity contribution is 8.01. The Morgan fingerprint density at radius 1 is 0.938 bits per heavy atom. The second kappa shape index (κ2) is 7.48. The number of aromatic nitrogens is 2. The lowest BCUT2D eigenvalue weighted by atomic mass is 9.84. The Kier molecular flexibility index (Phi) is 4.57. The van der Waals surface area contributed by atoms with Crippen molar-refractivity contribution in [3.05, 3.63) is 66.2 Å². The number of nitrogens with zero attached hydrogens (tertiary/aromatic N) is 2. The van der Waals surface area contributed by atoms with E-state index in [1.54, 1.807) is 0 Å².